The van der Waals surface area contributed by atoms with E-state index in [2.05, 4.69) is 5.32 Å². The van der Waals surface area contributed by atoms with Crippen molar-refractivity contribution in [2.24, 2.45) is 17.6 Å². The molecule has 2 aromatic rings. The number of amides is 1. The molecule has 2 aromatic heterocycles. The number of carbonyl (C=O) groups excluding carboxylic acids is 2. The number of ether oxygens (including phenoxy) is 1. The fourth-order valence-electron chi connectivity index (χ4n) is 3.37. The minimum absolute atomic E-state index is 0. The number of fused-ring (bicyclic) bond motifs is 1. The summed E-state index contributed by atoms with van der Waals surface area (Å²) in [6.45, 7) is 3.06. The predicted molar refractivity (Wildman–Crippen MR) is 105 cm³/mol. The van der Waals surface area contributed by atoms with Crippen molar-refractivity contribution < 1.29 is 14.3 Å². The number of carbonyl (C=O) groups is 2. The predicted octanol–water partition coefficient (Wildman–Crippen LogP) is 3.55. The first-order valence-corrected chi connectivity index (χ1v) is 9.99. The Hall–Kier alpha value is -1.15. The summed E-state index contributed by atoms with van der Waals surface area (Å²) < 4.78 is 7.28. The molecule has 0 aromatic carbocycles. The van der Waals surface area contributed by atoms with E-state index in [-0.39, 0.29) is 36.1 Å². The van der Waals surface area contributed by atoms with Crippen molar-refractivity contribution in [3.8, 4) is 0 Å². The minimum Gasteiger partial charge on any atom is -0.462 e. The van der Waals surface area contributed by atoms with Crippen LogP contribution in [0.2, 0.25) is 0 Å². The molecule has 25 heavy (non-hydrogen) atoms. The highest BCUT2D eigenvalue weighted by Gasteiger charge is 2.32. The van der Waals surface area contributed by atoms with Crippen molar-refractivity contribution in [3.63, 3.8) is 0 Å². The Morgan fingerprint density at radius 3 is 2.92 bits per heavy atom. The van der Waals surface area contributed by atoms with Crippen LogP contribution in [0.1, 0.15) is 41.4 Å². The number of nitrogens with one attached hydrogen (secondary N) is 1. The molecule has 5 nitrogen and oxygen atoms in total. The summed E-state index contributed by atoms with van der Waals surface area (Å²) in [5.41, 5.74) is 6.65. The maximum Gasteiger partial charge on any atom is 0.348 e. The third-order valence-corrected chi connectivity index (χ3v) is 6.87. The minimum atomic E-state index is -0.309. The zero-order chi connectivity index (χ0) is 17.1. The molecule has 2 atom stereocenters. The molecule has 3 N–H and O–H groups in total. The van der Waals surface area contributed by atoms with E-state index in [9.17, 15) is 9.59 Å². The largest absolute Gasteiger partial charge is 0.462 e. The Balaban J connectivity index is 0.00000225. The summed E-state index contributed by atoms with van der Waals surface area (Å²) in [5.74, 6) is 0.0155. The van der Waals surface area contributed by atoms with Crippen LogP contribution in [-0.2, 0) is 16.1 Å². The van der Waals surface area contributed by atoms with E-state index in [0.717, 1.165) is 34.2 Å². The molecule has 0 radical (unpaired) electrons. The van der Waals surface area contributed by atoms with Gasteiger partial charge in [-0.05, 0) is 43.7 Å². The molecule has 0 saturated heterocycles. The van der Waals surface area contributed by atoms with Crippen molar-refractivity contribution in [2.45, 2.75) is 32.7 Å². The van der Waals surface area contributed by atoms with E-state index >= 15 is 0 Å². The van der Waals surface area contributed by atoms with Gasteiger partial charge in [0.2, 0.25) is 5.91 Å². The van der Waals surface area contributed by atoms with E-state index in [1.54, 1.807) is 18.3 Å². The number of halogens is 1. The summed E-state index contributed by atoms with van der Waals surface area (Å²) in [7, 11) is 0. The van der Waals surface area contributed by atoms with Crippen LogP contribution >= 0.6 is 35.1 Å². The molecule has 0 aliphatic heterocycles. The standard InChI is InChI=1S/C17H22N2O3S2.ClH/c1-2-22-17(21)15-12(14-13(24-15)6-7-23-14)9-19-16(20)11-5-3-4-10(11)8-18;/h6-7,10-11H,2-5,8-9,18H2,1H3,(H,19,20);1H/t10-,11-;/m1./s1. The Kier molecular flexibility index (Phi) is 7.25. The molecule has 8 heteroatoms. The van der Waals surface area contributed by atoms with Gasteiger partial charge in [-0.2, -0.15) is 0 Å². The normalized spacial score (nSPS) is 19.6. The number of esters is 1. The van der Waals surface area contributed by atoms with Crippen LogP contribution in [0.4, 0.5) is 0 Å². The summed E-state index contributed by atoms with van der Waals surface area (Å²) in [6.07, 6.45) is 2.98. The molecule has 1 aliphatic carbocycles. The van der Waals surface area contributed by atoms with E-state index < -0.39 is 0 Å². The van der Waals surface area contributed by atoms with Gasteiger partial charge in [0.1, 0.15) is 4.88 Å². The number of rotatable bonds is 6. The Morgan fingerprint density at radius 1 is 1.40 bits per heavy atom. The fraction of sp³-hybridized carbons (Fsp3) is 0.529. The second-order valence-electron chi connectivity index (χ2n) is 6.00. The Morgan fingerprint density at radius 2 is 2.20 bits per heavy atom. The van der Waals surface area contributed by atoms with Gasteiger partial charge in [0.15, 0.2) is 0 Å². The van der Waals surface area contributed by atoms with Gasteiger partial charge in [-0.1, -0.05) is 6.42 Å². The SMILES string of the molecule is CCOC(=O)c1sc2ccsc2c1CNC(=O)[C@@H]1CCC[C@@H]1CN.Cl. The quantitative estimate of drug-likeness (QED) is 0.724. The van der Waals surface area contributed by atoms with E-state index in [4.69, 9.17) is 10.5 Å². The van der Waals surface area contributed by atoms with Crippen molar-refractivity contribution in [3.05, 3.63) is 21.9 Å². The maximum atomic E-state index is 12.5. The molecule has 1 aliphatic rings. The highest BCUT2D eigenvalue weighted by Crippen LogP contribution is 2.36. The summed E-state index contributed by atoms with van der Waals surface area (Å²) in [4.78, 5) is 25.3. The third kappa shape index (κ3) is 4.16. The lowest BCUT2D eigenvalue weighted by molar-refractivity contribution is -0.126. The fourth-order valence-corrected chi connectivity index (χ4v) is 5.64. The van der Waals surface area contributed by atoms with Crippen LogP contribution in [0, 0.1) is 11.8 Å². The van der Waals surface area contributed by atoms with Crippen molar-refractivity contribution in [1.82, 2.24) is 5.32 Å². The summed E-state index contributed by atoms with van der Waals surface area (Å²) in [5, 5.41) is 5.02. The number of thiophene rings is 2. The molecule has 0 unspecified atom stereocenters. The van der Waals surface area contributed by atoms with Gasteiger partial charge in [0.05, 0.1) is 11.3 Å². The molecule has 1 amide bonds. The molecule has 138 valence electrons. The van der Waals surface area contributed by atoms with Gasteiger partial charge in [-0.15, -0.1) is 35.1 Å². The molecule has 2 heterocycles. The first-order chi connectivity index (χ1) is 11.7. The van der Waals surface area contributed by atoms with E-state index in [1.807, 2.05) is 11.4 Å². The van der Waals surface area contributed by atoms with Crippen LogP contribution in [-0.4, -0.2) is 25.0 Å². The van der Waals surface area contributed by atoms with Gasteiger partial charge in [0.25, 0.3) is 0 Å². The Labute approximate surface area is 161 Å². The lowest BCUT2D eigenvalue weighted by Crippen LogP contribution is -2.34. The lowest BCUT2D eigenvalue weighted by Gasteiger charge is -2.17. The van der Waals surface area contributed by atoms with Crippen LogP contribution in [0.5, 0.6) is 0 Å². The number of hydrogen-bond acceptors (Lipinski definition) is 6. The molecular formula is C17H23ClN2O3S2. The monoisotopic (exact) mass is 402 g/mol. The molecule has 3 rings (SSSR count). The van der Waals surface area contributed by atoms with Gasteiger partial charge < -0.3 is 15.8 Å². The van der Waals surface area contributed by atoms with Crippen LogP contribution in [0.15, 0.2) is 11.4 Å². The van der Waals surface area contributed by atoms with E-state index in [0.29, 0.717) is 24.6 Å². The van der Waals surface area contributed by atoms with Gasteiger partial charge in [0, 0.05) is 22.7 Å². The van der Waals surface area contributed by atoms with Crippen LogP contribution in [0.3, 0.4) is 0 Å². The van der Waals surface area contributed by atoms with Gasteiger partial charge in [-0.3, -0.25) is 4.79 Å². The molecular weight excluding hydrogens is 380 g/mol. The van der Waals surface area contributed by atoms with Crippen molar-refractivity contribution in [2.75, 3.05) is 13.2 Å². The second kappa shape index (κ2) is 8.98. The summed E-state index contributed by atoms with van der Waals surface area (Å²) in [6, 6.07) is 2.00. The maximum absolute atomic E-state index is 12.5. The third-order valence-electron chi connectivity index (χ3n) is 4.59. The Bertz CT molecular complexity index is 743. The van der Waals surface area contributed by atoms with Gasteiger partial charge in [-0.25, -0.2) is 4.79 Å². The topological polar surface area (TPSA) is 81.4 Å². The smallest absolute Gasteiger partial charge is 0.348 e. The summed E-state index contributed by atoms with van der Waals surface area (Å²) >= 11 is 3.02. The highest BCUT2D eigenvalue weighted by molar-refractivity contribution is 7.28. The lowest BCUT2D eigenvalue weighted by atomic mass is 9.95. The second-order valence-corrected chi connectivity index (χ2v) is 7.96. The van der Waals surface area contributed by atoms with Crippen LogP contribution in [0.25, 0.3) is 9.40 Å². The van der Waals surface area contributed by atoms with Crippen molar-refractivity contribution >= 4 is 56.4 Å². The molecule has 1 fully saturated rings. The van der Waals surface area contributed by atoms with Crippen molar-refractivity contribution in [1.29, 1.82) is 0 Å². The first kappa shape index (κ1) is 20.2. The zero-order valence-corrected chi connectivity index (χ0v) is 16.5. The number of hydrogen-bond donors (Lipinski definition) is 2. The van der Waals surface area contributed by atoms with Gasteiger partial charge >= 0.3 is 5.97 Å². The molecule has 0 bridgehead atoms. The average Bonchev–Trinajstić information content (AvgIpc) is 3.28. The van der Waals surface area contributed by atoms with Crippen LogP contribution < -0.4 is 11.1 Å². The van der Waals surface area contributed by atoms with E-state index in [1.165, 1.54) is 11.3 Å². The zero-order valence-electron chi connectivity index (χ0n) is 14.1. The molecule has 0 spiro atoms. The molecule has 1 saturated carbocycles. The first-order valence-electron chi connectivity index (χ1n) is 8.29. The number of nitrogens with two attached hydrogens (primary N) is 1. The average molecular weight is 403 g/mol. The highest BCUT2D eigenvalue weighted by atomic mass is 35.5.